The molecule has 0 saturated heterocycles. The lowest BCUT2D eigenvalue weighted by atomic mass is 9.90. The Morgan fingerprint density at radius 1 is 1.50 bits per heavy atom. The van der Waals surface area contributed by atoms with Gasteiger partial charge in [0.05, 0.1) is 6.10 Å². The first-order chi connectivity index (χ1) is 6.56. The molecule has 0 heterocycles. The van der Waals surface area contributed by atoms with Crippen LogP contribution in [-0.2, 0) is 5.41 Å². The van der Waals surface area contributed by atoms with Crippen molar-refractivity contribution in [3.63, 3.8) is 0 Å². The summed E-state index contributed by atoms with van der Waals surface area (Å²) in [6.07, 6.45) is 1.27. The lowest BCUT2D eigenvalue weighted by Crippen LogP contribution is -2.23. The Labute approximate surface area is 91.1 Å². The zero-order valence-corrected chi connectivity index (χ0v) is 9.51. The van der Waals surface area contributed by atoms with Gasteiger partial charge in [-0.1, -0.05) is 15.9 Å². The SMILES string of the molecule is CC(O)C1(c2cc(Br)ccc2F)CC1. The van der Waals surface area contributed by atoms with E-state index in [1.165, 1.54) is 6.07 Å². The van der Waals surface area contributed by atoms with E-state index < -0.39 is 6.10 Å². The molecule has 1 nitrogen and oxygen atoms in total. The average molecular weight is 259 g/mol. The maximum absolute atomic E-state index is 13.5. The van der Waals surface area contributed by atoms with Gasteiger partial charge in [0, 0.05) is 9.89 Å². The summed E-state index contributed by atoms with van der Waals surface area (Å²) < 4.78 is 14.4. The predicted octanol–water partition coefficient (Wildman–Crippen LogP) is 3.00. The molecule has 2 rings (SSSR count). The third-order valence-corrected chi connectivity index (χ3v) is 3.55. The Hall–Kier alpha value is -0.410. The first kappa shape index (κ1) is 10.1. The standard InChI is InChI=1S/C11H12BrFO/c1-7(14)11(4-5-11)9-6-8(12)2-3-10(9)13/h2-3,6-7,14H,4-5H2,1H3. The maximum Gasteiger partial charge on any atom is 0.127 e. The molecule has 0 aliphatic heterocycles. The number of hydrogen-bond acceptors (Lipinski definition) is 1. The molecular formula is C11H12BrFO. The Bertz CT molecular complexity index is 358. The molecule has 1 saturated carbocycles. The van der Waals surface area contributed by atoms with Crippen LogP contribution in [0.3, 0.4) is 0 Å². The van der Waals surface area contributed by atoms with Crippen molar-refractivity contribution in [2.24, 2.45) is 0 Å². The first-order valence-electron chi connectivity index (χ1n) is 4.70. The van der Waals surface area contributed by atoms with Crippen molar-refractivity contribution in [2.75, 3.05) is 0 Å². The van der Waals surface area contributed by atoms with Crippen LogP contribution in [0.25, 0.3) is 0 Å². The quantitative estimate of drug-likeness (QED) is 0.865. The molecule has 76 valence electrons. The molecule has 0 radical (unpaired) electrons. The minimum Gasteiger partial charge on any atom is -0.392 e. The van der Waals surface area contributed by atoms with Crippen LogP contribution in [0.1, 0.15) is 25.3 Å². The van der Waals surface area contributed by atoms with Crippen molar-refractivity contribution in [3.8, 4) is 0 Å². The summed E-state index contributed by atoms with van der Waals surface area (Å²) in [6.45, 7) is 1.73. The second-order valence-electron chi connectivity index (χ2n) is 3.96. The van der Waals surface area contributed by atoms with E-state index >= 15 is 0 Å². The molecule has 1 aliphatic rings. The second-order valence-corrected chi connectivity index (χ2v) is 4.87. The van der Waals surface area contributed by atoms with E-state index in [1.807, 2.05) is 0 Å². The van der Waals surface area contributed by atoms with Gasteiger partial charge in [0.2, 0.25) is 0 Å². The molecular weight excluding hydrogens is 247 g/mol. The van der Waals surface area contributed by atoms with Crippen LogP contribution in [0.2, 0.25) is 0 Å². The highest BCUT2D eigenvalue weighted by Gasteiger charge is 2.49. The molecule has 1 atom stereocenters. The van der Waals surface area contributed by atoms with Crippen molar-refractivity contribution in [1.29, 1.82) is 0 Å². The minimum absolute atomic E-state index is 0.216. The highest BCUT2D eigenvalue weighted by molar-refractivity contribution is 9.10. The fourth-order valence-electron chi connectivity index (χ4n) is 1.93. The van der Waals surface area contributed by atoms with Gasteiger partial charge in [-0.2, -0.15) is 0 Å². The monoisotopic (exact) mass is 258 g/mol. The zero-order chi connectivity index (χ0) is 10.3. The van der Waals surface area contributed by atoms with Crippen molar-refractivity contribution in [2.45, 2.75) is 31.3 Å². The summed E-state index contributed by atoms with van der Waals surface area (Å²) >= 11 is 3.32. The molecule has 0 spiro atoms. The van der Waals surface area contributed by atoms with Crippen molar-refractivity contribution in [1.82, 2.24) is 0 Å². The fraction of sp³-hybridized carbons (Fsp3) is 0.455. The molecule has 0 aromatic heterocycles. The highest BCUT2D eigenvalue weighted by atomic mass is 79.9. The van der Waals surface area contributed by atoms with Gasteiger partial charge in [0.15, 0.2) is 0 Å². The Morgan fingerprint density at radius 2 is 2.14 bits per heavy atom. The Morgan fingerprint density at radius 3 is 2.64 bits per heavy atom. The number of aliphatic hydroxyl groups excluding tert-OH is 1. The van der Waals surface area contributed by atoms with Gasteiger partial charge >= 0.3 is 0 Å². The minimum atomic E-state index is -0.480. The molecule has 1 unspecified atom stereocenters. The molecule has 1 aromatic rings. The van der Waals surface area contributed by atoms with E-state index in [0.717, 1.165) is 17.3 Å². The van der Waals surface area contributed by atoms with Gasteiger partial charge in [0.1, 0.15) is 5.82 Å². The topological polar surface area (TPSA) is 20.2 Å². The molecule has 1 aliphatic carbocycles. The summed E-state index contributed by atoms with van der Waals surface area (Å²) in [5.74, 6) is -0.216. The van der Waals surface area contributed by atoms with Gasteiger partial charge in [-0.25, -0.2) is 4.39 Å². The van der Waals surface area contributed by atoms with Crippen LogP contribution in [0.4, 0.5) is 4.39 Å². The normalized spacial score (nSPS) is 20.6. The molecule has 3 heteroatoms. The van der Waals surface area contributed by atoms with Crippen molar-refractivity contribution in [3.05, 3.63) is 34.1 Å². The molecule has 1 aromatic carbocycles. The molecule has 1 N–H and O–H groups in total. The number of hydrogen-bond donors (Lipinski definition) is 1. The Balaban J connectivity index is 2.46. The third kappa shape index (κ3) is 1.48. The highest BCUT2D eigenvalue weighted by Crippen LogP contribution is 2.52. The van der Waals surface area contributed by atoms with E-state index in [9.17, 15) is 9.50 Å². The molecule has 14 heavy (non-hydrogen) atoms. The third-order valence-electron chi connectivity index (χ3n) is 3.05. The largest absolute Gasteiger partial charge is 0.392 e. The lowest BCUT2D eigenvalue weighted by molar-refractivity contribution is 0.148. The smallest absolute Gasteiger partial charge is 0.127 e. The second kappa shape index (κ2) is 3.31. The van der Waals surface area contributed by atoms with E-state index in [-0.39, 0.29) is 11.2 Å². The number of halogens is 2. The van der Waals surface area contributed by atoms with Crippen molar-refractivity contribution < 1.29 is 9.50 Å². The van der Waals surface area contributed by atoms with Gasteiger partial charge in [-0.3, -0.25) is 0 Å². The van der Waals surface area contributed by atoms with Gasteiger partial charge < -0.3 is 5.11 Å². The molecule has 0 bridgehead atoms. The average Bonchev–Trinajstić information content (AvgIpc) is 2.90. The van der Waals surface area contributed by atoms with Gasteiger partial charge in [-0.15, -0.1) is 0 Å². The van der Waals surface area contributed by atoms with Gasteiger partial charge in [-0.05, 0) is 43.5 Å². The first-order valence-corrected chi connectivity index (χ1v) is 5.49. The summed E-state index contributed by atoms with van der Waals surface area (Å²) in [5.41, 5.74) is 0.315. The van der Waals surface area contributed by atoms with Crippen LogP contribution >= 0.6 is 15.9 Å². The van der Waals surface area contributed by atoms with E-state index in [2.05, 4.69) is 15.9 Å². The number of rotatable bonds is 2. The number of aliphatic hydroxyl groups is 1. The zero-order valence-electron chi connectivity index (χ0n) is 7.93. The summed E-state index contributed by atoms with van der Waals surface area (Å²) in [5, 5.41) is 9.63. The molecule has 1 fully saturated rings. The maximum atomic E-state index is 13.5. The van der Waals surface area contributed by atoms with E-state index in [0.29, 0.717) is 5.56 Å². The molecule has 0 amide bonds. The van der Waals surface area contributed by atoms with Crippen LogP contribution in [0.15, 0.2) is 22.7 Å². The van der Waals surface area contributed by atoms with E-state index in [1.54, 1.807) is 19.1 Å². The van der Waals surface area contributed by atoms with Crippen LogP contribution in [-0.4, -0.2) is 11.2 Å². The van der Waals surface area contributed by atoms with Crippen LogP contribution in [0, 0.1) is 5.82 Å². The number of benzene rings is 1. The van der Waals surface area contributed by atoms with Crippen LogP contribution in [0.5, 0.6) is 0 Å². The van der Waals surface area contributed by atoms with E-state index in [4.69, 9.17) is 0 Å². The van der Waals surface area contributed by atoms with Crippen LogP contribution < -0.4 is 0 Å². The summed E-state index contributed by atoms with van der Waals surface area (Å²) in [7, 11) is 0. The predicted molar refractivity (Wildman–Crippen MR) is 56.7 cm³/mol. The fourth-order valence-corrected chi connectivity index (χ4v) is 2.29. The van der Waals surface area contributed by atoms with Crippen molar-refractivity contribution >= 4 is 15.9 Å². The van der Waals surface area contributed by atoms with Gasteiger partial charge in [0.25, 0.3) is 0 Å². The summed E-state index contributed by atoms with van der Waals surface area (Å²) in [6, 6.07) is 4.90. The summed E-state index contributed by atoms with van der Waals surface area (Å²) in [4.78, 5) is 0. The Kier molecular flexibility index (Phi) is 2.40. The lowest BCUT2D eigenvalue weighted by Gasteiger charge is -2.19.